The van der Waals surface area contributed by atoms with Gasteiger partial charge in [-0.1, -0.05) is 18.2 Å². The van der Waals surface area contributed by atoms with E-state index in [2.05, 4.69) is 20.9 Å². The number of fused-ring (bicyclic) bond motifs is 1. The molecule has 19 heavy (non-hydrogen) atoms. The summed E-state index contributed by atoms with van der Waals surface area (Å²) in [7, 11) is -3.58. The largest absolute Gasteiger partial charge is 0.268 e. The molecule has 3 rings (SSSR count). The van der Waals surface area contributed by atoms with Gasteiger partial charge >= 0.3 is 0 Å². The summed E-state index contributed by atoms with van der Waals surface area (Å²) in [6.07, 6.45) is 3.16. The highest BCUT2D eigenvalue weighted by Crippen LogP contribution is 2.23. The Morgan fingerprint density at radius 1 is 1.11 bits per heavy atom. The summed E-state index contributed by atoms with van der Waals surface area (Å²) in [5.41, 5.74) is 1.20. The lowest BCUT2D eigenvalue weighted by atomic mass is 10.4. The van der Waals surface area contributed by atoms with E-state index in [1.54, 1.807) is 48.7 Å². The Hall–Kier alpha value is -1.66. The molecule has 0 aliphatic rings. The zero-order valence-electron chi connectivity index (χ0n) is 9.69. The van der Waals surface area contributed by atoms with Crippen LogP contribution in [0.1, 0.15) is 0 Å². The molecular formula is C13H9BrN2O2S. The first-order chi connectivity index (χ1) is 9.09. The van der Waals surface area contributed by atoms with Crippen molar-refractivity contribution in [1.82, 2.24) is 8.96 Å². The number of aromatic nitrogens is 2. The van der Waals surface area contributed by atoms with Gasteiger partial charge < -0.3 is 0 Å². The molecule has 3 aromatic rings. The van der Waals surface area contributed by atoms with E-state index in [1.807, 2.05) is 0 Å². The van der Waals surface area contributed by atoms with Gasteiger partial charge in [-0.15, -0.1) is 0 Å². The SMILES string of the molecule is O=S(=O)(c1ccccc1)n1ccc2ncc(Br)cc21. The molecule has 0 bridgehead atoms. The van der Waals surface area contributed by atoms with Crippen LogP contribution >= 0.6 is 15.9 Å². The van der Waals surface area contributed by atoms with Crippen LogP contribution in [0.3, 0.4) is 0 Å². The second kappa shape index (κ2) is 4.47. The number of halogens is 1. The third kappa shape index (κ3) is 2.06. The van der Waals surface area contributed by atoms with Gasteiger partial charge in [0.1, 0.15) is 0 Å². The standard InChI is InChI=1S/C13H9BrN2O2S/c14-10-8-13-12(15-9-10)6-7-16(13)19(17,18)11-4-2-1-3-5-11/h1-9H. The summed E-state index contributed by atoms with van der Waals surface area (Å²) in [6, 6.07) is 11.8. The maximum Gasteiger partial charge on any atom is 0.268 e. The molecule has 2 aromatic heterocycles. The Morgan fingerprint density at radius 2 is 1.84 bits per heavy atom. The van der Waals surface area contributed by atoms with E-state index >= 15 is 0 Å². The minimum absolute atomic E-state index is 0.257. The van der Waals surface area contributed by atoms with Crippen LogP contribution in [0.25, 0.3) is 11.0 Å². The number of rotatable bonds is 2. The van der Waals surface area contributed by atoms with Crippen LogP contribution in [0.2, 0.25) is 0 Å². The van der Waals surface area contributed by atoms with Gasteiger partial charge in [0.05, 0.1) is 15.9 Å². The first kappa shape index (κ1) is 12.4. The van der Waals surface area contributed by atoms with E-state index < -0.39 is 10.0 Å². The van der Waals surface area contributed by atoms with E-state index in [-0.39, 0.29) is 4.90 Å². The van der Waals surface area contributed by atoms with E-state index in [0.29, 0.717) is 11.0 Å². The first-order valence-electron chi connectivity index (χ1n) is 5.52. The lowest BCUT2D eigenvalue weighted by Gasteiger charge is -2.07. The fourth-order valence-corrected chi connectivity index (χ4v) is 3.55. The summed E-state index contributed by atoms with van der Waals surface area (Å²) in [4.78, 5) is 4.43. The molecule has 0 radical (unpaired) electrons. The summed E-state index contributed by atoms with van der Waals surface area (Å²) in [6.45, 7) is 0. The molecule has 0 unspecified atom stereocenters. The lowest BCUT2D eigenvalue weighted by molar-refractivity contribution is 0.589. The van der Waals surface area contributed by atoms with Gasteiger partial charge in [0.25, 0.3) is 10.0 Å². The second-order valence-electron chi connectivity index (χ2n) is 3.99. The van der Waals surface area contributed by atoms with Crippen molar-refractivity contribution in [2.24, 2.45) is 0 Å². The predicted octanol–water partition coefficient (Wildman–Crippen LogP) is 3.04. The maximum absolute atomic E-state index is 12.5. The van der Waals surface area contributed by atoms with Gasteiger partial charge in [-0.2, -0.15) is 0 Å². The first-order valence-corrected chi connectivity index (χ1v) is 7.75. The Kier molecular flexibility index (Phi) is 2.91. The monoisotopic (exact) mass is 336 g/mol. The van der Waals surface area contributed by atoms with Crippen molar-refractivity contribution in [2.75, 3.05) is 0 Å². The van der Waals surface area contributed by atoms with Gasteiger partial charge in [-0.3, -0.25) is 4.98 Å². The number of pyridine rings is 1. The molecule has 0 spiro atoms. The van der Waals surface area contributed by atoms with Crippen LogP contribution in [0.15, 0.2) is 64.2 Å². The number of nitrogens with zero attached hydrogens (tertiary/aromatic N) is 2. The zero-order valence-corrected chi connectivity index (χ0v) is 12.1. The van der Waals surface area contributed by atoms with Crippen molar-refractivity contribution in [3.8, 4) is 0 Å². The van der Waals surface area contributed by atoms with Crippen LogP contribution in [0.4, 0.5) is 0 Å². The van der Waals surface area contributed by atoms with Crippen molar-refractivity contribution in [3.63, 3.8) is 0 Å². The molecule has 0 saturated carbocycles. The topological polar surface area (TPSA) is 52.0 Å². The molecule has 4 nitrogen and oxygen atoms in total. The zero-order chi connectivity index (χ0) is 13.5. The van der Waals surface area contributed by atoms with Crippen molar-refractivity contribution in [3.05, 3.63) is 59.3 Å². The highest BCUT2D eigenvalue weighted by molar-refractivity contribution is 9.10. The molecule has 0 N–H and O–H groups in total. The minimum Gasteiger partial charge on any atom is -0.253 e. The fourth-order valence-electron chi connectivity index (χ4n) is 1.88. The second-order valence-corrected chi connectivity index (χ2v) is 6.72. The van der Waals surface area contributed by atoms with Gasteiger partial charge in [-0.05, 0) is 40.2 Å². The fraction of sp³-hybridized carbons (Fsp3) is 0. The van der Waals surface area contributed by atoms with E-state index in [9.17, 15) is 8.42 Å². The molecule has 0 aliphatic heterocycles. The molecule has 0 saturated heterocycles. The van der Waals surface area contributed by atoms with Crippen molar-refractivity contribution < 1.29 is 8.42 Å². The maximum atomic E-state index is 12.5. The van der Waals surface area contributed by atoms with Gasteiger partial charge in [-0.25, -0.2) is 12.4 Å². The third-order valence-electron chi connectivity index (χ3n) is 2.77. The molecule has 2 heterocycles. The molecule has 1 aromatic carbocycles. The van der Waals surface area contributed by atoms with Crippen LogP contribution < -0.4 is 0 Å². The van der Waals surface area contributed by atoms with Crippen LogP contribution in [0.5, 0.6) is 0 Å². The van der Waals surface area contributed by atoms with Crippen molar-refractivity contribution in [1.29, 1.82) is 0 Å². The number of hydrogen-bond acceptors (Lipinski definition) is 3. The summed E-state index contributed by atoms with van der Waals surface area (Å²) in [5, 5.41) is 0. The molecular weight excluding hydrogens is 328 g/mol. The molecule has 0 fully saturated rings. The van der Waals surface area contributed by atoms with Crippen LogP contribution in [-0.2, 0) is 10.0 Å². The quantitative estimate of drug-likeness (QED) is 0.722. The molecule has 6 heteroatoms. The average Bonchev–Trinajstić information content (AvgIpc) is 2.83. The lowest BCUT2D eigenvalue weighted by Crippen LogP contribution is -2.11. The number of benzene rings is 1. The molecule has 0 atom stereocenters. The van der Waals surface area contributed by atoms with Crippen molar-refractivity contribution in [2.45, 2.75) is 4.90 Å². The Labute approximate surface area is 118 Å². The van der Waals surface area contributed by atoms with Gasteiger partial charge in [0.15, 0.2) is 0 Å². The minimum atomic E-state index is -3.58. The van der Waals surface area contributed by atoms with E-state index in [4.69, 9.17) is 0 Å². The van der Waals surface area contributed by atoms with Crippen LogP contribution in [-0.4, -0.2) is 17.4 Å². The Bertz CT molecular complexity index is 841. The predicted molar refractivity (Wildman–Crippen MR) is 76.5 cm³/mol. The summed E-state index contributed by atoms with van der Waals surface area (Å²) >= 11 is 3.30. The van der Waals surface area contributed by atoms with E-state index in [0.717, 1.165) is 4.47 Å². The summed E-state index contributed by atoms with van der Waals surface area (Å²) < 4.78 is 27.1. The number of hydrogen-bond donors (Lipinski definition) is 0. The molecule has 0 amide bonds. The third-order valence-corrected chi connectivity index (χ3v) is 4.91. The van der Waals surface area contributed by atoms with Crippen LogP contribution in [0, 0.1) is 0 Å². The average molecular weight is 337 g/mol. The van der Waals surface area contributed by atoms with Gasteiger partial charge in [0.2, 0.25) is 0 Å². The van der Waals surface area contributed by atoms with Gasteiger partial charge in [0, 0.05) is 16.9 Å². The molecule has 96 valence electrons. The summed E-state index contributed by atoms with van der Waals surface area (Å²) in [5.74, 6) is 0. The van der Waals surface area contributed by atoms with Crippen molar-refractivity contribution >= 4 is 37.0 Å². The Morgan fingerprint density at radius 3 is 2.58 bits per heavy atom. The van der Waals surface area contributed by atoms with E-state index in [1.165, 1.54) is 10.2 Å². The Balaban J connectivity index is 2.28. The molecule has 0 aliphatic carbocycles. The normalized spacial score (nSPS) is 11.8. The highest BCUT2D eigenvalue weighted by atomic mass is 79.9. The smallest absolute Gasteiger partial charge is 0.253 e. The highest BCUT2D eigenvalue weighted by Gasteiger charge is 2.18.